The molecule has 2 amide bonds. The quantitative estimate of drug-likeness (QED) is 0.390. The van der Waals surface area contributed by atoms with Gasteiger partial charge in [0.05, 0.1) is 18.7 Å². The summed E-state index contributed by atoms with van der Waals surface area (Å²) in [6, 6.07) is 18.9. The highest BCUT2D eigenvalue weighted by Gasteiger charge is 2.37. The Morgan fingerprint density at radius 2 is 1.71 bits per heavy atom. The topological polar surface area (TPSA) is 75.7 Å². The van der Waals surface area contributed by atoms with Crippen LogP contribution in [0.15, 0.2) is 78.0 Å². The number of aryl methyl sites for hydroxylation is 2. The number of benzene rings is 3. The minimum atomic E-state index is -0.726. The van der Waals surface area contributed by atoms with Crippen LogP contribution in [0.5, 0.6) is 0 Å². The average molecular weight is 515 g/mol. The molecule has 0 bridgehead atoms. The summed E-state index contributed by atoms with van der Waals surface area (Å²) in [4.78, 5) is 40.4. The summed E-state index contributed by atoms with van der Waals surface area (Å²) in [6.07, 6.45) is -0.0527. The molecular weight excluding hydrogens is 483 g/mol. The Hall–Kier alpha value is -4.26. The molecule has 1 heterocycles. The van der Waals surface area contributed by atoms with Crippen LogP contribution in [0.4, 0.5) is 10.1 Å². The van der Waals surface area contributed by atoms with Gasteiger partial charge in [-0.2, -0.15) is 0 Å². The molecule has 0 saturated carbocycles. The van der Waals surface area contributed by atoms with Gasteiger partial charge in [-0.15, -0.1) is 0 Å². The van der Waals surface area contributed by atoms with Gasteiger partial charge in [0, 0.05) is 29.3 Å². The zero-order chi connectivity index (χ0) is 27.4. The van der Waals surface area contributed by atoms with Crippen LogP contribution in [0.25, 0.3) is 0 Å². The number of halogens is 1. The second-order valence-electron chi connectivity index (χ2n) is 9.43. The van der Waals surface area contributed by atoms with E-state index in [4.69, 9.17) is 4.74 Å². The summed E-state index contributed by atoms with van der Waals surface area (Å²) in [5, 5.41) is 2.90. The molecule has 196 valence electrons. The molecule has 0 radical (unpaired) electrons. The lowest BCUT2D eigenvalue weighted by molar-refractivity contribution is -0.140. The number of hydrogen-bond acceptors (Lipinski definition) is 4. The lowest BCUT2D eigenvalue weighted by Crippen LogP contribution is -2.38. The van der Waals surface area contributed by atoms with E-state index in [1.807, 2.05) is 32.0 Å². The average Bonchev–Trinajstić information content (AvgIpc) is 2.89. The Kier molecular flexibility index (Phi) is 8.05. The molecule has 3 aromatic carbocycles. The van der Waals surface area contributed by atoms with Crippen molar-refractivity contribution in [3.63, 3.8) is 0 Å². The van der Waals surface area contributed by atoms with E-state index in [1.54, 1.807) is 56.3 Å². The monoisotopic (exact) mass is 514 g/mol. The molecule has 1 aliphatic rings. The van der Waals surface area contributed by atoms with Crippen molar-refractivity contribution >= 4 is 23.5 Å². The molecule has 6 nitrogen and oxygen atoms in total. The van der Waals surface area contributed by atoms with Gasteiger partial charge in [0.1, 0.15) is 5.82 Å². The first-order valence-electron chi connectivity index (χ1n) is 12.6. The number of nitrogens with one attached hydrogen (secondary N) is 1. The van der Waals surface area contributed by atoms with Crippen LogP contribution in [-0.4, -0.2) is 29.3 Å². The van der Waals surface area contributed by atoms with E-state index in [1.165, 1.54) is 11.0 Å². The smallest absolute Gasteiger partial charge is 0.336 e. The Morgan fingerprint density at radius 3 is 2.37 bits per heavy atom. The molecule has 1 aliphatic heterocycles. The van der Waals surface area contributed by atoms with Crippen molar-refractivity contribution < 1.29 is 23.5 Å². The van der Waals surface area contributed by atoms with Crippen molar-refractivity contribution in [1.82, 2.24) is 4.90 Å². The number of esters is 1. The maximum absolute atomic E-state index is 14.6. The molecule has 0 aliphatic carbocycles. The molecular formula is C31H31FN2O4. The Balaban J connectivity index is 1.56. The number of rotatable bonds is 7. The van der Waals surface area contributed by atoms with E-state index in [0.717, 1.165) is 22.4 Å². The predicted octanol–water partition coefficient (Wildman–Crippen LogP) is 6.05. The van der Waals surface area contributed by atoms with Crippen LogP contribution in [0.2, 0.25) is 0 Å². The first-order valence-corrected chi connectivity index (χ1v) is 12.6. The van der Waals surface area contributed by atoms with Gasteiger partial charge < -0.3 is 15.0 Å². The fourth-order valence-electron chi connectivity index (χ4n) is 4.67. The third-order valence-electron chi connectivity index (χ3n) is 6.92. The summed E-state index contributed by atoms with van der Waals surface area (Å²) in [5.74, 6) is -2.21. The van der Waals surface area contributed by atoms with Crippen LogP contribution in [0.1, 0.15) is 58.8 Å². The van der Waals surface area contributed by atoms with Crippen LogP contribution in [0.3, 0.4) is 0 Å². The van der Waals surface area contributed by atoms with E-state index in [-0.39, 0.29) is 37.0 Å². The highest BCUT2D eigenvalue weighted by Crippen LogP contribution is 2.38. The zero-order valence-electron chi connectivity index (χ0n) is 22.0. The third kappa shape index (κ3) is 5.67. The standard InChI is InChI=1S/C31H31FN2O4/c1-5-38-31(37)29-21(4)34(28(35)17-26(29)25-8-6-7-9-27(25)32)18-22-11-13-23(14-12-22)30(36)33-24-15-10-19(2)20(3)16-24/h6-16,26H,5,17-18H2,1-4H3,(H,33,36). The molecule has 7 heteroatoms. The number of nitrogens with zero attached hydrogens (tertiary/aromatic N) is 1. The van der Waals surface area contributed by atoms with Crippen molar-refractivity contribution in [2.45, 2.75) is 46.6 Å². The molecule has 4 rings (SSSR count). The van der Waals surface area contributed by atoms with Gasteiger partial charge in [0.25, 0.3) is 5.91 Å². The van der Waals surface area contributed by atoms with Crippen molar-refractivity contribution in [3.8, 4) is 0 Å². The minimum Gasteiger partial charge on any atom is -0.463 e. The van der Waals surface area contributed by atoms with Crippen LogP contribution < -0.4 is 5.32 Å². The van der Waals surface area contributed by atoms with Gasteiger partial charge in [-0.3, -0.25) is 9.59 Å². The molecule has 38 heavy (non-hydrogen) atoms. The summed E-state index contributed by atoms with van der Waals surface area (Å²) >= 11 is 0. The van der Waals surface area contributed by atoms with Crippen LogP contribution in [-0.2, 0) is 20.9 Å². The maximum Gasteiger partial charge on any atom is 0.336 e. The molecule has 0 fully saturated rings. The fraction of sp³-hybridized carbons (Fsp3) is 0.258. The van der Waals surface area contributed by atoms with E-state index < -0.39 is 17.7 Å². The van der Waals surface area contributed by atoms with E-state index in [0.29, 0.717) is 16.8 Å². The molecule has 1 atom stereocenters. The molecule has 0 saturated heterocycles. The van der Waals surface area contributed by atoms with Gasteiger partial charge >= 0.3 is 5.97 Å². The number of amides is 2. The SMILES string of the molecule is CCOC(=O)C1=C(C)N(Cc2ccc(C(=O)Nc3ccc(C)c(C)c3)cc2)C(=O)CC1c1ccccc1F. The number of hydrogen-bond donors (Lipinski definition) is 1. The summed E-state index contributed by atoms with van der Waals surface area (Å²) in [6.45, 7) is 7.76. The van der Waals surface area contributed by atoms with Gasteiger partial charge in [0.15, 0.2) is 0 Å². The molecule has 0 spiro atoms. The largest absolute Gasteiger partial charge is 0.463 e. The molecule has 1 unspecified atom stereocenters. The Labute approximate surface area is 222 Å². The first kappa shape index (κ1) is 26.8. The zero-order valence-corrected chi connectivity index (χ0v) is 22.0. The second kappa shape index (κ2) is 11.4. The number of allylic oxidation sites excluding steroid dienone is 1. The normalized spacial score (nSPS) is 15.4. The Morgan fingerprint density at radius 1 is 1.00 bits per heavy atom. The maximum atomic E-state index is 14.6. The number of carbonyl (C=O) groups excluding carboxylic acids is 3. The number of anilines is 1. The van der Waals surface area contributed by atoms with Crippen LogP contribution in [0, 0.1) is 19.7 Å². The van der Waals surface area contributed by atoms with Crippen molar-refractivity contribution in [1.29, 1.82) is 0 Å². The molecule has 3 aromatic rings. The van der Waals surface area contributed by atoms with Gasteiger partial charge in [-0.25, -0.2) is 9.18 Å². The molecule has 1 N–H and O–H groups in total. The van der Waals surface area contributed by atoms with Crippen LogP contribution >= 0.6 is 0 Å². The number of carbonyl (C=O) groups is 3. The first-order chi connectivity index (χ1) is 18.2. The molecule has 0 aromatic heterocycles. The van der Waals surface area contributed by atoms with E-state index in [9.17, 15) is 18.8 Å². The lowest BCUT2D eigenvalue weighted by Gasteiger charge is -2.34. The van der Waals surface area contributed by atoms with Gasteiger partial charge in [-0.1, -0.05) is 36.4 Å². The summed E-state index contributed by atoms with van der Waals surface area (Å²) in [7, 11) is 0. The van der Waals surface area contributed by atoms with Gasteiger partial charge in [-0.05, 0) is 80.3 Å². The van der Waals surface area contributed by atoms with Crippen molar-refractivity contribution in [2.24, 2.45) is 0 Å². The number of ether oxygens (including phenoxy) is 1. The van der Waals surface area contributed by atoms with Gasteiger partial charge in [0.2, 0.25) is 5.91 Å². The highest BCUT2D eigenvalue weighted by atomic mass is 19.1. The van der Waals surface area contributed by atoms with Crippen molar-refractivity contribution in [3.05, 3.63) is 112 Å². The second-order valence-corrected chi connectivity index (χ2v) is 9.43. The fourth-order valence-corrected chi connectivity index (χ4v) is 4.67. The lowest BCUT2D eigenvalue weighted by atomic mass is 9.83. The summed E-state index contributed by atoms with van der Waals surface area (Å²) in [5.41, 5.74) is 5.23. The third-order valence-corrected chi connectivity index (χ3v) is 6.92. The van der Waals surface area contributed by atoms with E-state index >= 15 is 0 Å². The minimum absolute atomic E-state index is 0.0527. The summed E-state index contributed by atoms with van der Waals surface area (Å²) < 4.78 is 19.9. The highest BCUT2D eigenvalue weighted by molar-refractivity contribution is 6.04. The van der Waals surface area contributed by atoms with E-state index in [2.05, 4.69) is 5.32 Å². The Bertz CT molecular complexity index is 1410. The predicted molar refractivity (Wildman–Crippen MR) is 144 cm³/mol. The van der Waals surface area contributed by atoms with Crippen molar-refractivity contribution in [2.75, 3.05) is 11.9 Å².